The molecule has 0 aliphatic rings. The lowest BCUT2D eigenvalue weighted by atomic mass is 9.85. The van der Waals surface area contributed by atoms with Gasteiger partial charge in [0.05, 0.1) is 6.10 Å². The topological polar surface area (TPSA) is 63.9 Å². The molecule has 0 bridgehead atoms. The second kappa shape index (κ2) is 13.3. The van der Waals surface area contributed by atoms with Crippen LogP contribution < -0.4 is 0 Å². The Morgan fingerprint density at radius 3 is 1.76 bits per heavy atom. The summed E-state index contributed by atoms with van der Waals surface area (Å²) in [6.07, 6.45) is 0.346. The number of thioether (sulfide) groups is 1. The van der Waals surface area contributed by atoms with Crippen molar-refractivity contribution in [3.63, 3.8) is 0 Å². The molecule has 4 rings (SSSR count). The molecule has 0 spiro atoms. The van der Waals surface area contributed by atoms with Crippen LogP contribution in [0.4, 0.5) is 0 Å². The second-order valence-corrected chi connectivity index (χ2v) is 10.6. The zero-order chi connectivity index (χ0) is 26.0. The number of nitrogens with zero attached hydrogens (tertiary/aromatic N) is 1. The average molecular weight is 514 g/mol. The van der Waals surface area contributed by atoms with E-state index in [0.29, 0.717) is 12.3 Å². The van der Waals surface area contributed by atoms with Gasteiger partial charge in [-0.3, -0.25) is 4.90 Å². The van der Waals surface area contributed by atoms with Crippen LogP contribution in [-0.2, 0) is 6.54 Å². The molecular weight excluding hydrogens is 478 g/mol. The summed E-state index contributed by atoms with van der Waals surface area (Å²) < 4.78 is 0. The van der Waals surface area contributed by atoms with Crippen molar-refractivity contribution in [2.24, 2.45) is 0 Å². The van der Waals surface area contributed by atoms with Gasteiger partial charge in [-0.2, -0.15) is 0 Å². The van der Waals surface area contributed by atoms with Crippen LogP contribution in [0.15, 0.2) is 114 Å². The highest BCUT2D eigenvalue weighted by Crippen LogP contribution is 2.33. The Balaban J connectivity index is 1.53. The number of hydrogen-bond acceptors (Lipinski definition) is 5. The fourth-order valence-corrected chi connectivity index (χ4v) is 5.46. The van der Waals surface area contributed by atoms with Gasteiger partial charge in [-0.15, -0.1) is 11.8 Å². The number of aliphatic hydroxyl groups excluding tert-OH is 1. The number of phenols is 2. The normalized spacial score (nSPS) is 13.1. The van der Waals surface area contributed by atoms with Crippen LogP contribution in [0, 0.1) is 0 Å². The summed E-state index contributed by atoms with van der Waals surface area (Å²) in [7, 11) is 0. The van der Waals surface area contributed by atoms with E-state index in [1.807, 2.05) is 48.5 Å². The van der Waals surface area contributed by atoms with Gasteiger partial charge >= 0.3 is 0 Å². The van der Waals surface area contributed by atoms with Crippen LogP contribution in [-0.4, -0.2) is 44.7 Å². The number of phenolic OH excluding ortho intramolecular Hbond substituents is 2. The molecule has 4 aromatic rings. The van der Waals surface area contributed by atoms with Crippen LogP contribution in [0.25, 0.3) is 0 Å². The summed E-state index contributed by atoms with van der Waals surface area (Å²) in [6.45, 7) is 3.52. The first-order chi connectivity index (χ1) is 18.0. The molecule has 4 nitrogen and oxygen atoms in total. The van der Waals surface area contributed by atoms with E-state index in [1.165, 1.54) is 5.56 Å². The van der Waals surface area contributed by atoms with Gasteiger partial charge in [0.15, 0.2) is 0 Å². The van der Waals surface area contributed by atoms with Gasteiger partial charge in [0.1, 0.15) is 11.5 Å². The van der Waals surface area contributed by atoms with E-state index in [1.54, 1.807) is 36.0 Å². The maximum Gasteiger partial charge on any atom is 0.115 e. The maximum absolute atomic E-state index is 11.0. The van der Waals surface area contributed by atoms with E-state index >= 15 is 0 Å². The third-order valence-electron chi connectivity index (χ3n) is 6.65. The molecule has 0 aliphatic carbocycles. The first kappa shape index (κ1) is 26.8. The summed E-state index contributed by atoms with van der Waals surface area (Å²) in [4.78, 5) is 3.52. The van der Waals surface area contributed by atoms with Crippen molar-refractivity contribution in [1.29, 1.82) is 0 Å². The molecule has 4 aromatic carbocycles. The Morgan fingerprint density at radius 1 is 0.703 bits per heavy atom. The third-order valence-corrected chi connectivity index (χ3v) is 7.81. The Morgan fingerprint density at radius 2 is 1.22 bits per heavy atom. The number of aliphatic hydroxyl groups is 1. The van der Waals surface area contributed by atoms with Crippen LogP contribution >= 0.6 is 11.8 Å². The first-order valence-corrected chi connectivity index (χ1v) is 13.7. The molecule has 0 radical (unpaired) electrons. The first-order valence-electron chi connectivity index (χ1n) is 12.7. The van der Waals surface area contributed by atoms with Gasteiger partial charge in [0.2, 0.25) is 0 Å². The molecule has 0 aliphatic heterocycles. The molecule has 3 N–H and O–H groups in total. The molecule has 0 heterocycles. The Labute approximate surface area is 224 Å². The minimum atomic E-state index is -0.475. The lowest BCUT2D eigenvalue weighted by Gasteiger charge is -2.34. The van der Waals surface area contributed by atoms with Gasteiger partial charge in [-0.05, 0) is 66.4 Å². The van der Waals surface area contributed by atoms with E-state index in [-0.39, 0.29) is 23.5 Å². The van der Waals surface area contributed by atoms with Gasteiger partial charge < -0.3 is 15.3 Å². The van der Waals surface area contributed by atoms with Gasteiger partial charge in [0.25, 0.3) is 0 Å². The maximum atomic E-state index is 11.0. The fourth-order valence-electron chi connectivity index (χ4n) is 4.62. The number of hydrogen-bond donors (Lipinski definition) is 3. The molecule has 0 saturated heterocycles. The molecule has 2 atom stereocenters. The highest BCUT2D eigenvalue weighted by molar-refractivity contribution is 7.99. The van der Waals surface area contributed by atoms with E-state index < -0.39 is 6.10 Å². The summed E-state index contributed by atoms with van der Waals surface area (Å²) in [5.74, 6) is 1.18. The van der Waals surface area contributed by atoms with Crippen LogP contribution in [0.2, 0.25) is 0 Å². The standard InChI is InChI=1S/C32H35NO3S/c1-24(20-32(26-12-16-28(34)17-13-26)27-14-18-29(35)19-15-27)33(21-25-8-4-2-5-9-25)22-30(36)23-37-31-10-6-3-7-11-31/h2-19,24,30,32,34-36H,20-23H2,1H3/t24?,30-/m0/s1. The van der Waals surface area contributed by atoms with Crippen molar-refractivity contribution in [2.75, 3.05) is 12.3 Å². The molecular formula is C32H35NO3S. The van der Waals surface area contributed by atoms with Crippen LogP contribution in [0.5, 0.6) is 11.5 Å². The largest absolute Gasteiger partial charge is 0.508 e. The van der Waals surface area contributed by atoms with Gasteiger partial charge in [-0.1, -0.05) is 72.8 Å². The van der Waals surface area contributed by atoms with Crippen molar-refractivity contribution in [3.8, 4) is 11.5 Å². The van der Waals surface area contributed by atoms with Crippen molar-refractivity contribution in [2.45, 2.75) is 42.8 Å². The Hall–Kier alpha value is -3.25. The van der Waals surface area contributed by atoms with Gasteiger partial charge in [0, 0.05) is 35.7 Å². The van der Waals surface area contributed by atoms with E-state index in [0.717, 1.165) is 29.0 Å². The summed E-state index contributed by atoms with van der Waals surface area (Å²) >= 11 is 1.67. The minimum Gasteiger partial charge on any atom is -0.508 e. The predicted molar refractivity (Wildman–Crippen MR) is 152 cm³/mol. The van der Waals surface area contributed by atoms with Crippen LogP contribution in [0.3, 0.4) is 0 Å². The van der Waals surface area contributed by atoms with E-state index in [2.05, 4.69) is 48.2 Å². The minimum absolute atomic E-state index is 0.0744. The second-order valence-electron chi connectivity index (χ2n) is 9.51. The van der Waals surface area contributed by atoms with E-state index in [4.69, 9.17) is 0 Å². The molecule has 37 heavy (non-hydrogen) atoms. The SMILES string of the molecule is CC(CC(c1ccc(O)cc1)c1ccc(O)cc1)N(Cc1ccccc1)C[C@H](O)CSc1ccccc1. The molecule has 1 unspecified atom stereocenters. The molecule has 192 valence electrons. The fraction of sp³-hybridized carbons (Fsp3) is 0.250. The number of aromatic hydroxyl groups is 2. The summed E-state index contributed by atoms with van der Waals surface area (Å²) in [6, 6.07) is 35.5. The highest BCUT2D eigenvalue weighted by atomic mass is 32.2. The predicted octanol–water partition coefficient (Wildman–Crippen LogP) is 6.66. The molecule has 0 amide bonds. The molecule has 5 heteroatoms. The van der Waals surface area contributed by atoms with Crippen molar-refractivity contribution >= 4 is 11.8 Å². The molecule has 0 aromatic heterocycles. The number of benzene rings is 4. The van der Waals surface area contributed by atoms with Crippen LogP contribution in [0.1, 0.15) is 36.0 Å². The molecule has 0 fully saturated rings. The highest BCUT2D eigenvalue weighted by Gasteiger charge is 2.24. The zero-order valence-corrected chi connectivity index (χ0v) is 22.0. The summed E-state index contributed by atoms with van der Waals surface area (Å²) in [5.41, 5.74) is 3.42. The van der Waals surface area contributed by atoms with Crippen molar-refractivity contribution in [1.82, 2.24) is 4.90 Å². The Bertz CT molecular complexity index is 1160. The smallest absolute Gasteiger partial charge is 0.115 e. The van der Waals surface area contributed by atoms with E-state index in [9.17, 15) is 15.3 Å². The van der Waals surface area contributed by atoms with Gasteiger partial charge in [-0.25, -0.2) is 0 Å². The summed E-state index contributed by atoms with van der Waals surface area (Å²) in [5, 5.41) is 30.7. The monoisotopic (exact) mass is 513 g/mol. The lowest BCUT2D eigenvalue weighted by Crippen LogP contribution is -2.40. The average Bonchev–Trinajstić information content (AvgIpc) is 2.92. The zero-order valence-electron chi connectivity index (χ0n) is 21.1. The quantitative estimate of drug-likeness (QED) is 0.185. The lowest BCUT2D eigenvalue weighted by molar-refractivity contribution is 0.0956. The van der Waals surface area contributed by atoms with Crippen molar-refractivity contribution < 1.29 is 15.3 Å². The third kappa shape index (κ3) is 8.12. The number of rotatable bonds is 12. The van der Waals surface area contributed by atoms with Crippen molar-refractivity contribution in [3.05, 3.63) is 126 Å². The molecule has 0 saturated carbocycles. The Kier molecular flexibility index (Phi) is 9.66.